The Hall–Kier alpha value is -3.26. The van der Waals surface area contributed by atoms with Crippen LogP contribution in [0.4, 0.5) is 8.78 Å². The molecule has 0 amide bonds. The quantitative estimate of drug-likeness (QED) is 0.419. The number of rotatable bonds is 4. The summed E-state index contributed by atoms with van der Waals surface area (Å²) in [6.07, 6.45) is 2.45. The highest BCUT2D eigenvalue weighted by Gasteiger charge is 2.41. The summed E-state index contributed by atoms with van der Waals surface area (Å²) in [5.41, 5.74) is 2.18. The van der Waals surface area contributed by atoms with Gasteiger partial charge in [-0.05, 0) is 61.6 Å². The lowest BCUT2D eigenvalue weighted by Crippen LogP contribution is -2.43. The van der Waals surface area contributed by atoms with Crippen molar-refractivity contribution in [2.75, 3.05) is 6.61 Å². The lowest BCUT2D eigenvalue weighted by molar-refractivity contribution is -0.170. The van der Waals surface area contributed by atoms with Crippen LogP contribution in [0.15, 0.2) is 36.5 Å². The summed E-state index contributed by atoms with van der Waals surface area (Å²) < 4.78 is 37.4. The first kappa shape index (κ1) is 21.6. The molecule has 2 atom stereocenters. The van der Waals surface area contributed by atoms with Gasteiger partial charge in [0.2, 0.25) is 0 Å². The number of hydrogen-bond acceptors (Lipinski definition) is 3. The van der Waals surface area contributed by atoms with Crippen molar-refractivity contribution in [1.29, 1.82) is 0 Å². The van der Waals surface area contributed by atoms with Crippen molar-refractivity contribution in [3.8, 4) is 5.69 Å². The van der Waals surface area contributed by atoms with Gasteiger partial charge in [-0.2, -0.15) is 5.10 Å². The number of aromatic amines is 1. The summed E-state index contributed by atoms with van der Waals surface area (Å²) in [6, 6.07) is 8.03. The maximum absolute atomic E-state index is 16.0. The average Bonchev–Trinajstić information content (AvgIpc) is 3.38. The van der Waals surface area contributed by atoms with E-state index in [1.54, 1.807) is 25.3 Å². The lowest BCUT2D eigenvalue weighted by atomic mass is 9.83. The Bertz CT molecular complexity index is 1360. The molecule has 4 aromatic rings. The molecule has 172 valence electrons. The van der Waals surface area contributed by atoms with E-state index in [9.17, 15) is 14.3 Å². The zero-order valence-corrected chi connectivity index (χ0v) is 18.7. The second-order valence-corrected chi connectivity index (χ2v) is 9.27. The predicted octanol–water partition coefficient (Wildman–Crippen LogP) is 5.65. The first-order valence-electron chi connectivity index (χ1n) is 11.0. The first-order valence-corrected chi connectivity index (χ1v) is 11.0. The summed E-state index contributed by atoms with van der Waals surface area (Å²) >= 11 is 0. The van der Waals surface area contributed by atoms with Gasteiger partial charge in [0.05, 0.1) is 18.3 Å². The van der Waals surface area contributed by atoms with Crippen molar-refractivity contribution in [3.05, 3.63) is 59.4 Å². The van der Waals surface area contributed by atoms with E-state index in [4.69, 9.17) is 4.74 Å². The number of aliphatic carboxylic acids is 1. The molecule has 33 heavy (non-hydrogen) atoms. The standard InChI is InChI=1S/C25H25F2N3O3/c1-13(2)23-19(14-8-9-25(3,24(31)32)33-12-14)20-18(10-15-11-28-29-22(15)21(20)27)30(23)17-6-4-16(26)5-7-17/h4-7,10-11,13-14H,8-9,12H2,1-3H3,(H,28,29)(H,31,32)/t14?,25-/m1/s1. The number of benzene rings is 2. The molecule has 1 saturated heterocycles. The Labute approximate surface area is 189 Å². The van der Waals surface area contributed by atoms with E-state index in [1.165, 1.54) is 12.1 Å². The highest BCUT2D eigenvalue weighted by molar-refractivity contribution is 5.99. The second-order valence-electron chi connectivity index (χ2n) is 9.27. The van der Waals surface area contributed by atoms with E-state index in [2.05, 4.69) is 10.2 Å². The molecule has 5 rings (SSSR count). The third-order valence-electron chi connectivity index (χ3n) is 6.75. The van der Waals surface area contributed by atoms with Gasteiger partial charge in [-0.1, -0.05) is 13.8 Å². The third-order valence-corrected chi connectivity index (χ3v) is 6.75. The van der Waals surface area contributed by atoms with Gasteiger partial charge < -0.3 is 14.4 Å². The maximum atomic E-state index is 16.0. The van der Waals surface area contributed by atoms with Crippen LogP contribution in [0, 0.1) is 11.6 Å². The molecule has 1 fully saturated rings. The van der Waals surface area contributed by atoms with Gasteiger partial charge in [0.15, 0.2) is 11.4 Å². The van der Waals surface area contributed by atoms with Crippen molar-refractivity contribution in [2.45, 2.75) is 51.0 Å². The highest BCUT2D eigenvalue weighted by Crippen LogP contribution is 2.45. The van der Waals surface area contributed by atoms with Crippen LogP contribution in [0.2, 0.25) is 0 Å². The molecule has 1 unspecified atom stereocenters. The topological polar surface area (TPSA) is 80.1 Å². The van der Waals surface area contributed by atoms with Crippen LogP contribution in [0.3, 0.4) is 0 Å². The number of carbonyl (C=O) groups is 1. The van der Waals surface area contributed by atoms with Crippen molar-refractivity contribution >= 4 is 27.8 Å². The largest absolute Gasteiger partial charge is 0.479 e. The van der Waals surface area contributed by atoms with Gasteiger partial charge in [0.25, 0.3) is 0 Å². The summed E-state index contributed by atoms with van der Waals surface area (Å²) in [4.78, 5) is 11.7. The van der Waals surface area contributed by atoms with Crippen molar-refractivity contribution < 1.29 is 23.4 Å². The van der Waals surface area contributed by atoms with E-state index in [1.807, 2.05) is 24.5 Å². The van der Waals surface area contributed by atoms with Crippen molar-refractivity contribution in [3.63, 3.8) is 0 Å². The molecule has 0 spiro atoms. The number of fused-ring (bicyclic) bond motifs is 2. The number of hydrogen-bond donors (Lipinski definition) is 2. The Kier molecular flexibility index (Phi) is 5.01. The van der Waals surface area contributed by atoms with Gasteiger partial charge in [0, 0.05) is 28.1 Å². The number of halogens is 2. The number of ether oxygens (including phenoxy) is 1. The smallest absolute Gasteiger partial charge is 0.335 e. The van der Waals surface area contributed by atoms with Gasteiger partial charge in [-0.15, -0.1) is 0 Å². The van der Waals surface area contributed by atoms with Crippen LogP contribution in [0.5, 0.6) is 0 Å². The fraction of sp³-hybridized carbons (Fsp3) is 0.360. The van der Waals surface area contributed by atoms with Gasteiger partial charge in [-0.3, -0.25) is 5.10 Å². The Morgan fingerprint density at radius 1 is 1.30 bits per heavy atom. The zero-order valence-electron chi connectivity index (χ0n) is 18.7. The lowest BCUT2D eigenvalue weighted by Gasteiger charge is -2.35. The zero-order chi connectivity index (χ0) is 23.5. The minimum absolute atomic E-state index is 0.0149. The molecule has 0 bridgehead atoms. The van der Waals surface area contributed by atoms with Crippen LogP contribution in [-0.2, 0) is 9.53 Å². The number of H-pyrrole nitrogens is 1. The molecule has 6 nitrogen and oxygen atoms in total. The molecule has 2 aromatic carbocycles. The SMILES string of the molecule is CC(C)c1c(C2CC[C@](C)(C(=O)O)OC2)c2c(F)c3[nH]ncc3cc2n1-c1ccc(F)cc1. The molecule has 1 aliphatic rings. The van der Waals surface area contributed by atoms with E-state index in [0.717, 1.165) is 16.9 Å². The Morgan fingerprint density at radius 3 is 2.64 bits per heavy atom. The maximum Gasteiger partial charge on any atom is 0.335 e. The molecule has 2 N–H and O–H groups in total. The molecule has 1 aliphatic heterocycles. The van der Waals surface area contributed by atoms with E-state index in [0.29, 0.717) is 34.6 Å². The van der Waals surface area contributed by atoms with Gasteiger partial charge >= 0.3 is 5.97 Å². The normalized spacial score (nSPS) is 21.3. The predicted molar refractivity (Wildman–Crippen MR) is 121 cm³/mol. The minimum Gasteiger partial charge on any atom is -0.479 e. The van der Waals surface area contributed by atoms with Gasteiger partial charge in [-0.25, -0.2) is 13.6 Å². The number of carboxylic acid groups (broad SMARTS) is 1. The van der Waals surface area contributed by atoms with Crippen LogP contribution in [-0.4, -0.2) is 38.0 Å². The fourth-order valence-corrected chi connectivity index (χ4v) is 4.99. The second kappa shape index (κ2) is 7.66. The molecular formula is C25H25F2N3O3. The molecule has 2 aromatic heterocycles. The van der Waals surface area contributed by atoms with E-state index >= 15 is 4.39 Å². The molecule has 0 aliphatic carbocycles. The Balaban J connectivity index is 1.80. The number of nitrogens with zero attached hydrogens (tertiary/aromatic N) is 2. The Morgan fingerprint density at radius 2 is 2.03 bits per heavy atom. The van der Waals surface area contributed by atoms with Crippen LogP contribution < -0.4 is 0 Å². The molecule has 8 heteroatoms. The van der Waals surface area contributed by atoms with Crippen LogP contribution in [0.25, 0.3) is 27.5 Å². The van der Waals surface area contributed by atoms with Crippen LogP contribution >= 0.6 is 0 Å². The summed E-state index contributed by atoms with van der Waals surface area (Å²) in [5, 5.41) is 17.4. The molecule has 0 radical (unpaired) electrons. The average molecular weight is 453 g/mol. The first-order chi connectivity index (χ1) is 15.7. The van der Waals surface area contributed by atoms with E-state index < -0.39 is 17.4 Å². The summed E-state index contributed by atoms with van der Waals surface area (Å²) in [6.45, 7) is 5.82. The minimum atomic E-state index is -1.25. The monoisotopic (exact) mass is 453 g/mol. The molecule has 3 heterocycles. The molecular weight excluding hydrogens is 428 g/mol. The highest BCUT2D eigenvalue weighted by atomic mass is 19.1. The van der Waals surface area contributed by atoms with E-state index in [-0.39, 0.29) is 24.3 Å². The van der Waals surface area contributed by atoms with Crippen LogP contribution in [0.1, 0.15) is 56.7 Å². The number of aromatic nitrogens is 3. The third kappa shape index (κ3) is 3.31. The number of carboxylic acids is 1. The fourth-order valence-electron chi connectivity index (χ4n) is 4.99. The number of nitrogens with one attached hydrogen (secondary N) is 1. The van der Waals surface area contributed by atoms with Gasteiger partial charge in [0.1, 0.15) is 11.3 Å². The summed E-state index contributed by atoms with van der Waals surface area (Å²) in [5.74, 6) is -1.91. The summed E-state index contributed by atoms with van der Waals surface area (Å²) in [7, 11) is 0. The molecule has 0 saturated carbocycles. The van der Waals surface area contributed by atoms with Crippen molar-refractivity contribution in [2.24, 2.45) is 0 Å². The van der Waals surface area contributed by atoms with Crippen molar-refractivity contribution in [1.82, 2.24) is 14.8 Å².